The van der Waals surface area contributed by atoms with Gasteiger partial charge in [0.25, 0.3) is 0 Å². The highest BCUT2D eigenvalue weighted by Crippen LogP contribution is 2.34. The highest BCUT2D eigenvalue weighted by molar-refractivity contribution is 7.91. The number of aromatic nitrogens is 3. The van der Waals surface area contributed by atoms with E-state index in [0.717, 1.165) is 25.9 Å². The molecule has 4 aromatic rings. The molecule has 11 heteroatoms. The van der Waals surface area contributed by atoms with Gasteiger partial charge in [-0.05, 0) is 62.2 Å². The minimum Gasteiger partial charge on any atom is -0.438 e. The maximum absolute atomic E-state index is 15.3. The fourth-order valence-electron chi connectivity index (χ4n) is 4.36. The van der Waals surface area contributed by atoms with Crippen LogP contribution in [0.2, 0.25) is 0 Å². The van der Waals surface area contributed by atoms with Crippen molar-refractivity contribution in [3.05, 3.63) is 90.0 Å². The van der Waals surface area contributed by atoms with Crippen LogP contribution in [0.3, 0.4) is 0 Å². The molecule has 202 valence electrons. The summed E-state index contributed by atoms with van der Waals surface area (Å²) in [6.07, 6.45) is 5.36. The number of anilines is 2. The van der Waals surface area contributed by atoms with E-state index in [0.29, 0.717) is 22.8 Å². The Hall–Kier alpha value is -4.09. The van der Waals surface area contributed by atoms with Crippen molar-refractivity contribution in [1.29, 1.82) is 0 Å². The number of ether oxygens (including phenoxy) is 1. The SMILES string of the molecule is Cc1c(Oc2ncccc2-c2ccnc(N[C@H]3CCCNC3)n2)ccc(NS(=O)(=O)Cc2ccccc2)c1F. The summed E-state index contributed by atoms with van der Waals surface area (Å²) in [6.45, 7) is 3.38. The molecule has 1 saturated heterocycles. The first-order chi connectivity index (χ1) is 18.9. The van der Waals surface area contributed by atoms with Crippen molar-refractivity contribution >= 4 is 21.7 Å². The summed E-state index contributed by atoms with van der Waals surface area (Å²) in [5.74, 6) is -0.0447. The predicted molar refractivity (Wildman–Crippen MR) is 149 cm³/mol. The van der Waals surface area contributed by atoms with E-state index in [1.165, 1.54) is 19.1 Å². The molecule has 0 radical (unpaired) electrons. The molecule has 0 bridgehead atoms. The third kappa shape index (κ3) is 6.68. The van der Waals surface area contributed by atoms with Gasteiger partial charge in [-0.25, -0.2) is 27.8 Å². The lowest BCUT2D eigenvalue weighted by molar-refractivity contribution is 0.455. The van der Waals surface area contributed by atoms with Crippen LogP contribution in [0.15, 0.2) is 73.1 Å². The zero-order chi connectivity index (χ0) is 27.2. The van der Waals surface area contributed by atoms with Gasteiger partial charge in [-0.3, -0.25) is 4.72 Å². The highest BCUT2D eigenvalue weighted by atomic mass is 32.2. The van der Waals surface area contributed by atoms with Gasteiger partial charge in [-0.1, -0.05) is 30.3 Å². The number of hydrogen-bond acceptors (Lipinski definition) is 8. The first kappa shape index (κ1) is 26.5. The summed E-state index contributed by atoms with van der Waals surface area (Å²) < 4.78 is 48.9. The van der Waals surface area contributed by atoms with E-state index in [9.17, 15) is 8.42 Å². The van der Waals surface area contributed by atoms with Crippen LogP contribution >= 0.6 is 0 Å². The summed E-state index contributed by atoms with van der Waals surface area (Å²) in [5.41, 5.74) is 1.80. The molecule has 1 atom stereocenters. The van der Waals surface area contributed by atoms with Crippen molar-refractivity contribution in [2.75, 3.05) is 23.1 Å². The number of halogens is 1. The van der Waals surface area contributed by atoms with E-state index >= 15 is 4.39 Å². The second kappa shape index (κ2) is 11.7. The normalized spacial score (nSPS) is 15.5. The zero-order valence-corrected chi connectivity index (χ0v) is 22.2. The van der Waals surface area contributed by atoms with Crippen LogP contribution < -0.4 is 20.1 Å². The lowest BCUT2D eigenvalue weighted by Crippen LogP contribution is -2.38. The Morgan fingerprint density at radius 3 is 2.69 bits per heavy atom. The molecule has 0 aliphatic carbocycles. The van der Waals surface area contributed by atoms with E-state index in [2.05, 4.69) is 30.3 Å². The Morgan fingerprint density at radius 2 is 1.90 bits per heavy atom. The van der Waals surface area contributed by atoms with Crippen LogP contribution in [0.25, 0.3) is 11.3 Å². The molecule has 0 unspecified atom stereocenters. The smallest absolute Gasteiger partial charge is 0.237 e. The topological polar surface area (TPSA) is 118 Å². The Balaban J connectivity index is 1.35. The van der Waals surface area contributed by atoms with Gasteiger partial charge in [0.15, 0.2) is 5.82 Å². The summed E-state index contributed by atoms with van der Waals surface area (Å²) >= 11 is 0. The Morgan fingerprint density at radius 1 is 1.05 bits per heavy atom. The summed E-state index contributed by atoms with van der Waals surface area (Å²) in [6, 6.07) is 17.1. The molecule has 0 saturated carbocycles. The van der Waals surface area contributed by atoms with Gasteiger partial charge >= 0.3 is 0 Å². The molecular weight excluding hydrogens is 519 g/mol. The van der Waals surface area contributed by atoms with Crippen molar-refractivity contribution in [2.24, 2.45) is 0 Å². The van der Waals surface area contributed by atoms with Gasteiger partial charge in [-0.2, -0.15) is 0 Å². The van der Waals surface area contributed by atoms with Gasteiger partial charge < -0.3 is 15.4 Å². The van der Waals surface area contributed by atoms with Crippen LogP contribution in [-0.4, -0.2) is 42.5 Å². The second-order valence-corrected chi connectivity index (χ2v) is 11.0. The molecule has 2 aromatic heterocycles. The Labute approximate surface area is 226 Å². The number of nitrogens with zero attached hydrogens (tertiary/aromatic N) is 3. The molecule has 1 aliphatic rings. The van der Waals surface area contributed by atoms with E-state index < -0.39 is 15.8 Å². The van der Waals surface area contributed by atoms with Crippen molar-refractivity contribution < 1.29 is 17.5 Å². The van der Waals surface area contributed by atoms with Gasteiger partial charge in [0.1, 0.15) is 5.75 Å². The zero-order valence-electron chi connectivity index (χ0n) is 21.4. The summed E-state index contributed by atoms with van der Waals surface area (Å²) in [4.78, 5) is 13.3. The van der Waals surface area contributed by atoms with Crippen LogP contribution in [0, 0.1) is 12.7 Å². The van der Waals surface area contributed by atoms with E-state index in [1.807, 2.05) is 6.07 Å². The predicted octanol–water partition coefficient (Wildman–Crippen LogP) is 4.88. The van der Waals surface area contributed by atoms with Gasteiger partial charge in [0.2, 0.25) is 21.9 Å². The average molecular weight is 549 g/mol. The van der Waals surface area contributed by atoms with Crippen LogP contribution in [0.1, 0.15) is 24.0 Å². The third-order valence-electron chi connectivity index (χ3n) is 6.34. The van der Waals surface area contributed by atoms with Crippen LogP contribution in [0.5, 0.6) is 11.6 Å². The minimum atomic E-state index is -3.82. The molecule has 0 spiro atoms. The molecule has 9 nitrogen and oxygen atoms in total. The molecule has 1 fully saturated rings. The molecule has 1 aliphatic heterocycles. The van der Waals surface area contributed by atoms with Gasteiger partial charge in [0, 0.05) is 30.5 Å². The fourth-order valence-corrected chi connectivity index (χ4v) is 5.56. The van der Waals surface area contributed by atoms with Crippen molar-refractivity contribution in [3.8, 4) is 22.9 Å². The Bertz CT molecular complexity index is 1550. The molecule has 5 rings (SSSR count). The fraction of sp³-hybridized carbons (Fsp3) is 0.250. The molecule has 0 amide bonds. The lowest BCUT2D eigenvalue weighted by Gasteiger charge is -2.23. The summed E-state index contributed by atoms with van der Waals surface area (Å²) in [7, 11) is -3.82. The van der Waals surface area contributed by atoms with Crippen LogP contribution in [0.4, 0.5) is 16.0 Å². The maximum atomic E-state index is 15.3. The first-order valence-corrected chi connectivity index (χ1v) is 14.3. The number of nitrogens with one attached hydrogen (secondary N) is 3. The largest absolute Gasteiger partial charge is 0.438 e. The van der Waals surface area contributed by atoms with Crippen molar-refractivity contribution in [1.82, 2.24) is 20.3 Å². The maximum Gasteiger partial charge on any atom is 0.237 e. The number of pyridine rings is 1. The Kier molecular flexibility index (Phi) is 7.99. The van der Waals surface area contributed by atoms with Crippen LogP contribution in [-0.2, 0) is 15.8 Å². The minimum absolute atomic E-state index is 0.140. The molecule has 2 aromatic carbocycles. The second-order valence-electron chi connectivity index (χ2n) is 9.31. The van der Waals surface area contributed by atoms with Gasteiger partial charge in [0.05, 0.1) is 22.7 Å². The third-order valence-corrected chi connectivity index (χ3v) is 7.59. The van der Waals surface area contributed by atoms with Crippen molar-refractivity contribution in [3.63, 3.8) is 0 Å². The van der Waals surface area contributed by atoms with E-state index in [4.69, 9.17) is 4.74 Å². The first-order valence-electron chi connectivity index (χ1n) is 12.6. The number of sulfonamides is 1. The van der Waals surface area contributed by atoms with Crippen molar-refractivity contribution in [2.45, 2.75) is 31.6 Å². The average Bonchev–Trinajstić information content (AvgIpc) is 2.94. The molecular formula is C28H29FN6O3S. The summed E-state index contributed by atoms with van der Waals surface area (Å²) in [5, 5.41) is 6.72. The molecule has 3 N–H and O–H groups in total. The molecule has 3 heterocycles. The number of rotatable bonds is 9. The standard InChI is InChI=1S/C28H29FN6O3S/c1-19-25(12-11-24(26(19)29)35-39(36,37)18-20-7-3-2-4-8-20)38-27-22(10-6-15-31-27)23-13-16-32-28(34-23)33-21-9-5-14-30-17-21/h2-4,6-8,10-13,15-16,21,30,35H,5,9,14,17-18H2,1H3,(H,32,33,34)/t21-/m0/s1. The number of benzene rings is 2. The highest BCUT2D eigenvalue weighted by Gasteiger charge is 2.20. The molecule has 39 heavy (non-hydrogen) atoms. The number of hydrogen-bond donors (Lipinski definition) is 3. The quantitative estimate of drug-likeness (QED) is 0.271. The van der Waals surface area contributed by atoms with Gasteiger partial charge in [-0.15, -0.1) is 0 Å². The lowest BCUT2D eigenvalue weighted by atomic mass is 10.1. The monoisotopic (exact) mass is 548 g/mol. The van der Waals surface area contributed by atoms with E-state index in [1.54, 1.807) is 54.9 Å². The number of piperidine rings is 1. The van der Waals surface area contributed by atoms with E-state index in [-0.39, 0.29) is 34.7 Å².